The van der Waals surface area contributed by atoms with Crippen molar-refractivity contribution < 1.29 is 5.11 Å². The van der Waals surface area contributed by atoms with E-state index in [-0.39, 0.29) is 6.61 Å². The highest BCUT2D eigenvalue weighted by atomic mass is 16.3. The smallest absolute Gasteiger partial charge is 0.0606 e. The molecule has 0 aliphatic rings. The van der Waals surface area contributed by atoms with E-state index < -0.39 is 0 Å². The standard InChI is InChI=1S/C12H19NO/c1-3-4-11-5-7-12(8-6-11)13(2)9-10-14/h5-8,14H,3-4,9-10H2,1-2H3. The highest BCUT2D eigenvalue weighted by molar-refractivity contribution is 5.46. The van der Waals surface area contributed by atoms with Gasteiger partial charge < -0.3 is 10.0 Å². The fourth-order valence-electron chi connectivity index (χ4n) is 1.48. The molecule has 0 fully saturated rings. The van der Waals surface area contributed by atoms with Gasteiger partial charge in [0.1, 0.15) is 0 Å². The first-order valence-corrected chi connectivity index (χ1v) is 5.19. The van der Waals surface area contributed by atoms with Crippen LogP contribution < -0.4 is 4.90 Å². The molecule has 2 heteroatoms. The summed E-state index contributed by atoms with van der Waals surface area (Å²) in [6.07, 6.45) is 2.33. The Bertz CT molecular complexity index is 256. The molecule has 1 rings (SSSR count). The van der Waals surface area contributed by atoms with E-state index in [1.807, 2.05) is 7.05 Å². The normalized spacial score (nSPS) is 10.2. The Hall–Kier alpha value is -1.02. The first-order valence-electron chi connectivity index (χ1n) is 5.19. The number of aliphatic hydroxyl groups excluding tert-OH is 1. The van der Waals surface area contributed by atoms with Crippen LogP contribution in [0.5, 0.6) is 0 Å². The van der Waals surface area contributed by atoms with Crippen molar-refractivity contribution in [1.82, 2.24) is 0 Å². The molecular weight excluding hydrogens is 174 g/mol. The van der Waals surface area contributed by atoms with Crippen molar-refractivity contribution >= 4 is 5.69 Å². The lowest BCUT2D eigenvalue weighted by molar-refractivity contribution is 0.304. The Labute approximate surface area is 86.2 Å². The van der Waals surface area contributed by atoms with E-state index in [4.69, 9.17) is 5.11 Å². The van der Waals surface area contributed by atoms with Crippen molar-refractivity contribution in [1.29, 1.82) is 0 Å². The van der Waals surface area contributed by atoms with Crippen LogP contribution in [-0.2, 0) is 6.42 Å². The van der Waals surface area contributed by atoms with Gasteiger partial charge in [0, 0.05) is 19.3 Å². The van der Waals surface area contributed by atoms with Gasteiger partial charge in [-0.15, -0.1) is 0 Å². The minimum absolute atomic E-state index is 0.202. The molecule has 78 valence electrons. The second kappa shape index (κ2) is 5.66. The Morgan fingerprint density at radius 2 is 1.86 bits per heavy atom. The number of nitrogens with zero attached hydrogens (tertiary/aromatic N) is 1. The molecule has 0 atom stereocenters. The average molecular weight is 193 g/mol. The molecule has 0 saturated carbocycles. The van der Waals surface area contributed by atoms with Crippen molar-refractivity contribution in [3.8, 4) is 0 Å². The Morgan fingerprint density at radius 1 is 1.21 bits per heavy atom. The van der Waals surface area contributed by atoms with Crippen LogP contribution in [0.25, 0.3) is 0 Å². The fraction of sp³-hybridized carbons (Fsp3) is 0.500. The summed E-state index contributed by atoms with van der Waals surface area (Å²) in [4.78, 5) is 2.05. The summed E-state index contributed by atoms with van der Waals surface area (Å²) < 4.78 is 0. The molecule has 0 saturated heterocycles. The highest BCUT2D eigenvalue weighted by Gasteiger charge is 1.99. The maximum absolute atomic E-state index is 8.80. The van der Waals surface area contributed by atoms with Crippen LogP contribution in [0, 0.1) is 0 Å². The number of aliphatic hydroxyl groups is 1. The molecule has 0 amide bonds. The minimum atomic E-state index is 0.202. The van der Waals surface area contributed by atoms with E-state index in [0.29, 0.717) is 6.54 Å². The van der Waals surface area contributed by atoms with Crippen LogP contribution in [0.3, 0.4) is 0 Å². The van der Waals surface area contributed by atoms with E-state index >= 15 is 0 Å². The number of anilines is 1. The second-order valence-corrected chi connectivity index (χ2v) is 3.56. The summed E-state index contributed by atoms with van der Waals surface area (Å²) in [6.45, 7) is 3.08. The molecule has 14 heavy (non-hydrogen) atoms. The Balaban J connectivity index is 2.62. The van der Waals surface area contributed by atoms with Gasteiger partial charge in [0.2, 0.25) is 0 Å². The molecule has 0 aliphatic heterocycles. The molecule has 0 spiro atoms. The van der Waals surface area contributed by atoms with Gasteiger partial charge in [0.25, 0.3) is 0 Å². The van der Waals surface area contributed by atoms with E-state index in [1.165, 1.54) is 17.7 Å². The number of hydrogen-bond acceptors (Lipinski definition) is 2. The number of rotatable bonds is 5. The molecule has 2 nitrogen and oxygen atoms in total. The molecular formula is C12H19NO. The average Bonchev–Trinajstić information content (AvgIpc) is 2.20. The molecule has 1 aromatic carbocycles. The van der Waals surface area contributed by atoms with Crippen molar-refractivity contribution in [3.05, 3.63) is 29.8 Å². The van der Waals surface area contributed by atoms with Gasteiger partial charge >= 0.3 is 0 Å². The lowest BCUT2D eigenvalue weighted by Gasteiger charge is -2.17. The van der Waals surface area contributed by atoms with Gasteiger partial charge in [0.05, 0.1) is 6.61 Å². The van der Waals surface area contributed by atoms with E-state index in [9.17, 15) is 0 Å². The maximum atomic E-state index is 8.80. The number of likely N-dealkylation sites (N-methyl/N-ethyl adjacent to an activating group) is 1. The summed E-state index contributed by atoms with van der Waals surface area (Å²) in [5.74, 6) is 0. The van der Waals surface area contributed by atoms with E-state index in [2.05, 4.69) is 36.1 Å². The summed E-state index contributed by atoms with van der Waals surface area (Å²) in [5.41, 5.74) is 2.55. The van der Waals surface area contributed by atoms with Crippen molar-refractivity contribution in [2.75, 3.05) is 25.1 Å². The monoisotopic (exact) mass is 193 g/mol. The molecule has 0 bridgehead atoms. The molecule has 0 aliphatic carbocycles. The lowest BCUT2D eigenvalue weighted by atomic mass is 10.1. The molecule has 1 N–H and O–H groups in total. The van der Waals surface area contributed by atoms with Gasteiger partial charge in [-0.25, -0.2) is 0 Å². The number of hydrogen-bond donors (Lipinski definition) is 1. The molecule has 0 aromatic heterocycles. The Kier molecular flexibility index (Phi) is 4.47. The molecule has 0 heterocycles. The lowest BCUT2D eigenvalue weighted by Crippen LogP contribution is -2.20. The third-order valence-corrected chi connectivity index (χ3v) is 2.35. The van der Waals surface area contributed by atoms with Crippen LogP contribution in [0.15, 0.2) is 24.3 Å². The predicted octanol–water partition coefficient (Wildman–Crippen LogP) is 2.07. The predicted molar refractivity (Wildman–Crippen MR) is 60.8 cm³/mol. The van der Waals surface area contributed by atoms with Gasteiger partial charge in [-0.3, -0.25) is 0 Å². The minimum Gasteiger partial charge on any atom is -0.395 e. The van der Waals surface area contributed by atoms with Gasteiger partial charge in [-0.05, 0) is 24.1 Å². The highest BCUT2D eigenvalue weighted by Crippen LogP contribution is 2.14. The molecule has 0 unspecified atom stereocenters. The van der Waals surface area contributed by atoms with Crippen molar-refractivity contribution in [3.63, 3.8) is 0 Å². The quantitative estimate of drug-likeness (QED) is 0.773. The van der Waals surface area contributed by atoms with Gasteiger partial charge in [0.15, 0.2) is 0 Å². The van der Waals surface area contributed by atoms with Crippen LogP contribution in [0.1, 0.15) is 18.9 Å². The number of benzene rings is 1. The molecule has 0 radical (unpaired) electrons. The number of aryl methyl sites for hydroxylation is 1. The van der Waals surface area contributed by atoms with Crippen LogP contribution in [-0.4, -0.2) is 25.3 Å². The van der Waals surface area contributed by atoms with Crippen molar-refractivity contribution in [2.45, 2.75) is 19.8 Å². The topological polar surface area (TPSA) is 23.5 Å². The van der Waals surface area contributed by atoms with Crippen LogP contribution in [0.2, 0.25) is 0 Å². The third kappa shape index (κ3) is 3.04. The van der Waals surface area contributed by atoms with Crippen molar-refractivity contribution in [2.24, 2.45) is 0 Å². The SMILES string of the molecule is CCCc1ccc(N(C)CCO)cc1. The first-order chi connectivity index (χ1) is 6.77. The van der Waals surface area contributed by atoms with E-state index in [1.54, 1.807) is 0 Å². The maximum Gasteiger partial charge on any atom is 0.0606 e. The summed E-state index contributed by atoms with van der Waals surface area (Å²) >= 11 is 0. The molecule has 1 aromatic rings. The zero-order valence-electron chi connectivity index (χ0n) is 9.03. The third-order valence-electron chi connectivity index (χ3n) is 2.35. The van der Waals surface area contributed by atoms with Crippen LogP contribution >= 0.6 is 0 Å². The Morgan fingerprint density at radius 3 is 2.36 bits per heavy atom. The fourth-order valence-corrected chi connectivity index (χ4v) is 1.48. The summed E-state index contributed by atoms with van der Waals surface area (Å²) in [6, 6.07) is 8.54. The zero-order chi connectivity index (χ0) is 10.4. The zero-order valence-corrected chi connectivity index (χ0v) is 9.03. The van der Waals surface area contributed by atoms with Crippen LogP contribution in [0.4, 0.5) is 5.69 Å². The largest absolute Gasteiger partial charge is 0.395 e. The van der Waals surface area contributed by atoms with Gasteiger partial charge in [-0.1, -0.05) is 25.5 Å². The second-order valence-electron chi connectivity index (χ2n) is 3.56. The summed E-state index contributed by atoms with van der Waals surface area (Å²) in [5, 5.41) is 8.80. The first kappa shape index (κ1) is 11.1. The van der Waals surface area contributed by atoms with Gasteiger partial charge in [-0.2, -0.15) is 0 Å². The summed E-state index contributed by atoms with van der Waals surface area (Å²) in [7, 11) is 1.99. The van der Waals surface area contributed by atoms with E-state index in [0.717, 1.165) is 6.42 Å².